The van der Waals surface area contributed by atoms with Crippen molar-refractivity contribution in [2.24, 2.45) is 0 Å². The molecule has 0 aliphatic heterocycles. The number of para-hydroxylation sites is 1. The number of nitrogens with one attached hydrogen (secondary N) is 2. The molecule has 138 valence electrons. The predicted octanol–water partition coefficient (Wildman–Crippen LogP) is 4.40. The molecule has 2 aromatic carbocycles. The van der Waals surface area contributed by atoms with Gasteiger partial charge in [-0.25, -0.2) is 4.98 Å². The summed E-state index contributed by atoms with van der Waals surface area (Å²) in [6.07, 6.45) is 1.54. The Balaban J connectivity index is 1.70. The molecule has 0 saturated carbocycles. The second kappa shape index (κ2) is 8.23. The molecule has 6 heteroatoms. The van der Waals surface area contributed by atoms with Crippen molar-refractivity contribution in [3.8, 4) is 11.5 Å². The monoisotopic (exact) mass is 363 g/mol. The molecule has 1 amide bonds. The van der Waals surface area contributed by atoms with Crippen molar-refractivity contribution in [2.75, 3.05) is 24.9 Å². The fraction of sp³-hybridized carbons (Fsp3) is 0.143. The van der Waals surface area contributed by atoms with E-state index < -0.39 is 0 Å². The quantitative estimate of drug-likeness (QED) is 0.679. The predicted molar refractivity (Wildman–Crippen MR) is 106 cm³/mol. The maximum Gasteiger partial charge on any atom is 0.257 e. The number of benzene rings is 2. The lowest BCUT2D eigenvalue weighted by molar-refractivity contribution is 0.102. The largest absolute Gasteiger partial charge is 0.493 e. The van der Waals surface area contributed by atoms with E-state index in [0.717, 1.165) is 16.9 Å². The number of carbonyl (C=O) groups excluding carboxylic acids is 1. The van der Waals surface area contributed by atoms with Crippen molar-refractivity contribution in [1.82, 2.24) is 4.98 Å². The highest BCUT2D eigenvalue weighted by Crippen LogP contribution is 2.30. The van der Waals surface area contributed by atoms with Crippen LogP contribution in [0.2, 0.25) is 0 Å². The number of carbonyl (C=O) groups is 1. The van der Waals surface area contributed by atoms with Crippen LogP contribution in [-0.4, -0.2) is 25.1 Å². The highest BCUT2D eigenvalue weighted by atomic mass is 16.5. The first kappa shape index (κ1) is 18.3. The zero-order valence-electron chi connectivity index (χ0n) is 15.4. The molecule has 0 aliphatic carbocycles. The van der Waals surface area contributed by atoms with Crippen molar-refractivity contribution < 1.29 is 14.3 Å². The van der Waals surface area contributed by atoms with Crippen LogP contribution in [0.5, 0.6) is 11.5 Å². The molecule has 0 radical (unpaired) electrons. The van der Waals surface area contributed by atoms with Crippen molar-refractivity contribution in [2.45, 2.75) is 6.92 Å². The molecule has 6 nitrogen and oxygen atoms in total. The second-order valence-electron chi connectivity index (χ2n) is 5.90. The third-order valence-electron chi connectivity index (χ3n) is 4.07. The molecule has 27 heavy (non-hydrogen) atoms. The summed E-state index contributed by atoms with van der Waals surface area (Å²) in [6, 6.07) is 16.6. The number of ether oxygens (including phenoxy) is 2. The van der Waals surface area contributed by atoms with Gasteiger partial charge in [0.25, 0.3) is 5.91 Å². The number of pyridine rings is 1. The lowest BCUT2D eigenvalue weighted by atomic mass is 10.2. The maximum absolute atomic E-state index is 12.4. The van der Waals surface area contributed by atoms with E-state index in [0.29, 0.717) is 22.9 Å². The smallest absolute Gasteiger partial charge is 0.257 e. The van der Waals surface area contributed by atoms with E-state index in [2.05, 4.69) is 15.6 Å². The third kappa shape index (κ3) is 4.36. The summed E-state index contributed by atoms with van der Waals surface area (Å²) in [5.74, 6) is 1.69. The summed E-state index contributed by atoms with van der Waals surface area (Å²) in [4.78, 5) is 16.7. The topological polar surface area (TPSA) is 72.5 Å². The molecular formula is C21H21N3O3. The van der Waals surface area contributed by atoms with Gasteiger partial charge in [-0.1, -0.05) is 18.2 Å². The van der Waals surface area contributed by atoms with Gasteiger partial charge in [-0.2, -0.15) is 0 Å². The first-order chi connectivity index (χ1) is 13.1. The molecule has 0 saturated heterocycles. The Kier molecular flexibility index (Phi) is 5.56. The summed E-state index contributed by atoms with van der Waals surface area (Å²) in [5.41, 5.74) is 3.08. The summed E-state index contributed by atoms with van der Waals surface area (Å²) < 4.78 is 10.5. The van der Waals surface area contributed by atoms with Gasteiger partial charge in [0.1, 0.15) is 5.82 Å². The molecule has 1 heterocycles. The number of rotatable bonds is 6. The molecule has 0 bridgehead atoms. The molecule has 3 rings (SSSR count). The number of aryl methyl sites for hydroxylation is 1. The number of amides is 1. The second-order valence-corrected chi connectivity index (χ2v) is 5.90. The van der Waals surface area contributed by atoms with Crippen LogP contribution < -0.4 is 20.1 Å². The van der Waals surface area contributed by atoms with Crippen LogP contribution in [0.15, 0.2) is 60.8 Å². The van der Waals surface area contributed by atoms with Gasteiger partial charge in [0.05, 0.1) is 19.8 Å². The van der Waals surface area contributed by atoms with Crippen LogP contribution in [0.25, 0.3) is 0 Å². The average molecular weight is 363 g/mol. The number of anilines is 3. The summed E-state index contributed by atoms with van der Waals surface area (Å²) >= 11 is 0. The summed E-state index contributed by atoms with van der Waals surface area (Å²) in [6.45, 7) is 1.95. The molecule has 0 spiro atoms. The molecule has 1 aromatic heterocycles. The molecule has 2 N–H and O–H groups in total. The van der Waals surface area contributed by atoms with Gasteiger partial charge >= 0.3 is 0 Å². The van der Waals surface area contributed by atoms with E-state index in [4.69, 9.17) is 9.47 Å². The minimum Gasteiger partial charge on any atom is -0.493 e. The van der Waals surface area contributed by atoms with Crippen LogP contribution in [-0.2, 0) is 0 Å². The molecule has 0 aliphatic rings. The Morgan fingerprint density at radius 1 is 0.963 bits per heavy atom. The van der Waals surface area contributed by atoms with Crippen molar-refractivity contribution in [3.05, 3.63) is 71.9 Å². The minimum absolute atomic E-state index is 0.200. The standard InChI is InChI=1S/C21H21N3O3/c1-14-6-4-5-7-17(14)24-21(25)15-8-11-20(22-13-15)23-16-9-10-18(26-2)19(12-16)27-3/h4-13H,1-3H3,(H,22,23)(H,24,25). The van der Waals surface area contributed by atoms with Crippen LogP contribution in [0.3, 0.4) is 0 Å². The first-order valence-electron chi connectivity index (χ1n) is 8.43. The van der Waals surface area contributed by atoms with Gasteiger partial charge in [-0.3, -0.25) is 4.79 Å². The van der Waals surface area contributed by atoms with Gasteiger partial charge < -0.3 is 20.1 Å². The minimum atomic E-state index is -0.200. The average Bonchev–Trinajstić information content (AvgIpc) is 2.70. The van der Waals surface area contributed by atoms with Gasteiger partial charge in [0.15, 0.2) is 11.5 Å². The van der Waals surface area contributed by atoms with Crippen LogP contribution in [0, 0.1) is 6.92 Å². The van der Waals surface area contributed by atoms with Crippen molar-refractivity contribution >= 4 is 23.1 Å². The van der Waals surface area contributed by atoms with E-state index in [9.17, 15) is 4.79 Å². The molecule has 0 fully saturated rings. The van der Waals surface area contributed by atoms with E-state index >= 15 is 0 Å². The van der Waals surface area contributed by atoms with Gasteiger partial charge in [-0.15, -0.1) is 0 Å². The Morgan fingerprint density at radius 2 is 1.74 bits per heavy atom. The van der Waals surface area contributed by atoms with E-state index in [1.807, 2.05) is 49.4 Å². The number of nitrogens with zero attached hydrogens (tertiary/aromatic N) is 1. The summed E-state index contributed by atoms with van der Waals surface area (Å²) in [5, 5.41) is 6.07. The highest BCUT2D eigenvalue weighted by Gasteiger charge is 2.09. The third-order valence-corrected chi connectivity index (χ3v) is 4.07. The Bertz CT molecular complexity index is 940. The Labute approximate surface area is 158 Å². The van der Waals surface area contributed by atoms with E-state index in [-0.39, 0.29) is 5.91 Å². The molecular weight excluding hydrogens is 342 g/mol. The van der Waals surface area contributed by atoms with Crippen molar-refractivity contribution in [1.29, 1.82) is 0 Å². The van der Waals surface area contributed by atoms with Crippen LogP contribution in [0.1, 0.15) is 15.9 Å². The number of aromatic nitrogens is 1. The van der Waals surface area contributed by atoms with Crippen LogP contribution >= 0.6 is 0 Å². The SMILES string of the molecule is COc1ccc(Nc2ccc(C(=O)Nc3ccccc3C)cn2)cc1OC. The van der Waals surface area contributed by atoms with Gasteiger partial charge in [0.2, 0.25) is 0 Å². The first-order valence-corrected chi connectivity index (χ1v) is 8.43. The molecule has 3 aromatic rings. The molecule has 0 unspecified atom stereocenters. The Morgan fingerprint density at radius 3 is 2.41 bits per heavy atom. The number of hydrogen-bond acceptors (Lipinski definition) is 5. The zero-order valence-corrected chi connectivity index (χ0v) is 15.4. The lowest BCUT2D eigenvalue weighted by Crippen LogP contribution is -2.13. The fourth-order valence-corrected chi connectivity index (χ4v) is 2.57. The molecule has 0 atom stereocenters. The fourth-order valence-electron chi connectivity index (χ4n) is 2.57. The van der Waals surface area contributed by atoms with E-state index in [1.165, 1.54) is 6.20 Å². The maximum atomic E-state index is 12.4. The Hall–Kier alpha value is -3.54. The highest BCUT2D eigenvalue weighted by molar-refractivity contribution is 6.04. The zero-order chi connectivity index (χ0) is 19.2. The number of methoxy groups -OCH3 is 2. The summed E-state index contributed by atoms with van der Waals surface area (Å²) in [7, 11) is 3.18. The lowest BCUT2D eigenvalue weighted by Gasteiger charge is -2.11. The number of hydrogen-bond donors (Lipinski definition) is 2. The van der Waals surface area contributed by atoms with Gasteiger partial charge in [0, 0.05) is 23.6 Å². The normalized spacial score (nSPS) is 10.2. The van der Waals surface area contributed by atoms with E-state index in [1.54, 1.807) is 26.4 Å². The van der Waals surface area contributed by atoms with Gasteiger partial charge in [-0.05, 0) is 42.8 Å². The van der Waals surface area contributed by atoms with Crippen LogP contribution in [0.4, 0.5) is 17.2 Å². The van der Waals surface area contributed by atoms with Crippen molar-refractivity contribution in [3.63, 3.8) is 0 Å².